The molecular weight excluding hydrogens is 426 g/mol. The lowest BCUT2D eigenvalue weighted by Crippen LogP contribution is -2.23. The Bertz CT molecular complexity index is 869. The van der Waals surface area contributed by atoms with Crippen molar-refractivity contribution >= 4 is 5.97 Å². The molecule has 3 rings (SSSR count). The van der Waals surface area contributed by atoms with Gasteiger partial charge >= 0.3 is 5.97 Å². The van der Waals surface area contributed by atoms with E-state index in [1.165, 1.54) is 12.1 Å². The molecule has 0 radical (unpaired) electrons. The van der Waals surface area contributed by atoms with Crippen LogP contribution in [0.4, 0.5) is 8.78 Å². The average molecular weight is 459 g/mol. The molecule has 0 aliphatic heterocycles. The van der Waals surface area contributed by atoms with E-state index in [0.717, 1.165) is 5.56 Å². The summed E-state index contributed by atoms with van der Waals surface area (Å²) >= 11 is 0. The maximum absolute atomic E-state index is 15.1. The van der Waals surface area contributed by atoms with Gasteiger partial charge in [-0.15, -0.1) is 0 Å². The number of carbonyl (C=O) groups is 1. The number of allylic oxidation sites excluding steroid dienone is 2. The average Bonchev–Trinajstić information content (AvgIpc) is 3.12. The van der Waals surface area contributed by atoms with Crippen molar-refractivity contribution in [1.82, 2.24) is 0 Å². The second kappa shape index (κ2) is 13.1. The van der Waals surface area contributed by atoms with Gasteiger partial charge in [0.25, 0.3) is 0 Å². The van der Waals surface area contributed by atoms with E-state index in [2.05, 4.69) is 0 Å². The molecule has 1 fully saturated rings. The van der Waals surface area contributed by atoms with Gasteiger partial charge in [0, 0.05) is 6.42 Å². The van der Waals surface area contributed by atoms with Gasteiger partial charge < -0.3 is 14.6 Å². The second-order valence-corrected chi connectivity index (χ2v) is 8.47. The monoisotopic (exact) mass is 458 g/mol. The van der Waals surface area contributed by atoms with Gasteiger partial charge in [-0.1, -0.05) is 42.5 Å². The standard InChI is InChI=1S/C27H32F2O4/c28-21-12-14-22(15-13-21)33-17-16-32-19-25-23(10-6-1-2-7-11-27(30)31)26(29)18-24(25)20-8-4-3-5-9-20/h1,3-6,8-9,12-15,23-26H,2,7,10-11,16-19H2,(H,30,31)/b6-1-/t23-,24?,25-,26-/m0/s1. The molecule has 1 aliphatic carbocycles. The number of alkyl halides is 1. The Morgan fingerprint density at radius 3 is 2.52 bits per heavy atom. The van der Waals surface area contributed by atoms with E-state index in [-0.39, 0.29) is 30.0 Å². The zero-order valence-electron chi connectivity index (χ0n) is 18.7. The highest BCUT2D eigenvalue weighted by atomic mass is 19.1. The molecule has 1 N–H and O–H groups in total. The first kappa shape index (κ1) is 24.9. The third-order valence-electron chi connectivity index (χ3n) is 6.19. The van der Waals surface area contributed by atoms with Crippen LogP contribution >= 0.6 is 0 Å². The first-order chi connectivity index (χ1) is 16.0. The van der Waals surface area contributed by atoms with Gasteiger partial charge in [0.15, 0.2) is 0 Å². The molecule has 2 aromatic rings. The number of unbranched alkanes of at least 4 members (excludes halogenated alkanes) is 1. The number of hydrogen-bond donors (Lipinski definition) is 1. The maximum Gasteiger partial charge on any atom is 0.303 e. The van der Waals surface area contributed by atoms with Gasteiger partial charge in [-0.25, -0.2) is 8.78 Å². The van der Waals surface area contributed by atoms with Crippen LogP contribution in [0.5, 0.6) is 5.75 Å². The lowest BCUT2D eigenvalue weighted by Gasteiger charge is -2.25. The van der Waals surface area contributed by atoms with Crippen LogP contribution in [0.1, 0.15) is 43.6 Å². The molecule has 0 saturated heterocycles. The Kier molecular flexibility index (Phi) is 9.88. The molecular formula is C27H32F2O4. The Morgan fingerprint density at radius 1 is 1.03 bits per heavy atom. The molecule has 33 heavy (non-hydrogen) atoms. The summed E-state index contributed by atoms with van der Waals surface area (Å²) in [7, 11) is 0. The fourth-order valence-corrected chi connectivity index (χ4v) is 4.52. The summed E-state index contributed by atoms with van der Waals surface area (Å²) in [6.07, 6.45) is 5.52. The van der Waals surface area contributed by atoms with Gasteiger partial charge in [-0.3, -0.25) is 4.79 Å². The van der Waals surface area contributed by atoms with Crippen molar-refractivity contribution in [2.24, 2.45) is 11.8 Å². The van der Waals surface area contributed by atoms with E-state index in [4.69, 9.17) is 14.6 Å². The van der Waals surface area contributed by atoms with E-state index in [1.807, 2.05) is 42.5 Å². The summed E-state index contributed by atoms with van der Waals surface area (Å²) in [6, 6.07) is 15.9. The lowest BCUT2D eigenvalue weighted by atomic mass is 9.84. The summed E-state index contributed by atoms with van der Waals surface area (Å²) in [5.74, 6) is -0.549. The molecule has 4 nitrogen and oxygen atoms in total. The quantitative estimate of drug-likeness (QED) is 0.288. The SMILES string of the molecule is O=C(O)CCC/C=C\C[C@H]1[C@H](COCCOc2ccc(F)cc2)C(c2ccccc2)C[C@@H]1F. The van der Waals surface area contributed by atoms with E-state index in [0.29, 0.717) is 51.3 Å². The van der Waals surface area contributed by atoms with Crippen molar-refractivity contribution in [2.45, 2.75) is 44.2 Å². The Morgan fingerprint density at radius 2 is 1.79 bits per heavy atom. The molecule has 0 amide bonds. The Balaban J connectivity index is 1.54. The van der Waals surface area contributed by atoms with Crippen LogP contribution in [0.25, 0.3) is 0 Å². The maximum atomic E-state index is 15.1. The van der Waals surface area contributed by atoms with E-state index in [1.54, 1.807) is 12.1 Å². The number of rotatable bonds is 13. The van der Waals surface area contributed by atoms with E-state index >= 15 is 4.39 Å². The number of carboxylic acid groups (broad SMARTS) is 1. The third-order valence-corrected chi connectivity index (χ3v) is 6.19. The largest absolute Gasteiger partial charge is 0.491 e. The van der Waals surface area contributed by atoms with Gasteiger partial charge in [-0.05, 0) is 73.3 Å². The van der Waals surface area contributed by atoms with Crippen LogP contribution in [0.3, 0.4) is 0 Å². The van der Waals surface area contributed by atoms with Gasteiger partial charge in [-0.2, -0.15) is 0 Å². The van der Waals surface area contributed by atoms with E-state index in [9.17, 15) is 9.18 Å². The van der Waals surface area contributed by atoms with Crippen LogP contribution < -0.4 is 4.74 Å². The van der Waals surface area contributed by atoms with Crippen molar-refractivity contribution in [3.05, 3.63) is 78.1 Å². The topological polar surface area (TPSA) is 55.8 Å². The third kappa shape index (κ3) is 7.97. The minimum absolute atomic E-state index is 0.0388. The predicted octanol–water partition coefficient (Wildman–Crippen LogP) is 6.18. The molecule has 4 atom stereocenters. The van der Waals surface area contributed by atoms with E-state index < -0.39 is 12.1 Å². The van der Waals surface area contributed by atoms with Crippen LogP contribution in [0, 0.1) is 17.7 Å². The highest BCUT2D eigenvalue weighted by molar-refractivity contribution is 5.66. The van der Waals surface area contributed by atoms with Crippen molar-refractivity contribution in [2.75, 3.05) is 19.8 Å². The van der Waals surface area contributed by atoms with Gasteiger partial charge in [0.1, 0.15) is 24.3 Å². The van der Waals surface area contributed by atoms with Crippen LogP contribution in [0.2, 0.25) is 0 Å². The fourth-order valence-electron chi connectivity index (χ4n) is 4.52. The number of ether oxygens (including phenoxy) is 2. The number of halogens is 2. The molecule has 6 heteroatoms. The Labute approximate surface area is 194 Å². The highest BCUT2D eigenvalue weighted by Crippen LogP contribution is 2.47. The summed E-state index contributed by atoms with van der Waals surface area (Å²) in [6.45, 7) is 1.13. The zero-order chi connectivity index (χ0) is 23.5. The van der Waals surface area contributed by atoms with Crippen molar-refractivity contribution < 1.29 is 28.2 Å². The molecule has 1 aliphatic rings. The zero-order valence-corrected chi connectivity index (χ0v) is 18.7. The van der Waals surface area contributed by atoms with Gasteiger partial charge in [0.05, 0.1) is 13.2 Å². The predicted molar refractivity (Wildman–Crippen MR) is 124 cm³/mol. The minimum atomic E-state index is -0.914. The molecule has 178 valence electrons. The normalized spacial score (nSPS) is 22.6. The number of carboxylic acids is 1. The summed E-state index contributed by atoms with van der Waals surface area (Å²) in [5, 5.41) is 8.73. The summed E-state index contributed by atoms with van der Waals surface area (Å²) in [4.78, 5) is 10.6. The molecule has 1 unspecified atom stereocenters. The van der Waals surface area contributed by atoms with Crippen LogP contribution in [-0.2, 0) is 9.53 Å². The molecule has 0 bridgehead atoms. The highest BCUT2D eigenvalue weighted by Gasteiger charge is 2.43. The van der Waals surface area contributed by atoms with Crippen molar-refractivity contribution in [3.8, 4) is 5.75 Å². The van der Waals surface area contributed by atoms with Gasteiger partial charge in [0.2, 0.25) is 0 Å². The number of aliphatic carboxylic acids is 1. The fraction of sp³-hybridized carbons (Fsp3) is 0.444. The van der Waals surface area contributed by atoms with Crippen LogP contribution in [-0.4, -0.2) is 37.1 Å². The van der Waals surface area contributed by atoms with Crippen molar-refractivity contribution in [3.63, 3.8) is 0 Å². The van der Waals surface area contributed by atoms with Crippen molar-refractivity contribution in [1.29, 1.82) is 0 Å². The molecule has 2 aromatic carbocycles. The molecule has 0 spiro atoms. The second-order valence-electron chi connectivity index (χ2n) is 8.47. The summed E-state index contributed by atoms with van der Waals surface area (Å²) < 4.78 is 39.5. The molecule has 0 aromatic heterocycles. The number of benzene rings is 2. The first-order valence-electron chi connectivity index (χ1n) is 11.6. The molecule has 1 saturated carbocycles. The first-order valence-corrected chi connectivity index (χ1v) is 11.6. The lowest BCUT2D eigenvalue weighted by molar-refractivity contribution is -0.137. The smallest absolute Gasteiger partial charge is 0.303 e. The van der Waals surface area contributed by atoms with Crippen LogP contribution in [0.15, 0.2) is 66.7 Å². The minimum Gasteiger partial charge on any atom is -0.491 e. The number of hydrogen-bond acceptors (Lipinski definition) is 3. The Hall–Kier alpha value is -2.73. The summed E-state index contributed by atoms with van der Waals surface area (Å²) in [5.41, 5.74) is 1.13. The molecule has 0 heterocycles.